The Labute approximate surface area is 244 Å². The number of hydrogen-bond donors (Lipinski definition) is 0. The number of aromatic nitrogens is 3. The second-order valence-electron chi connectivity index (χ2n) is 11.6. The molecule has 2 aromatic carbocycles. The Hall–Kier alpha value is -4.54. The monoisotopic (exact) mass is 577 g/mol. The summed E-state index contributed by atoms with van der Waals surface area (Å²) in [5.74, 6) is -1.89. The van der Waals surface area contributed by atoms with E-state index in [1.54, 1.807) is 35.0 Å². The highest BCUT2D eigenvalue weighted by atomic mass is 19.1. The maximum atomic E-state index is 15.5. The van der Waals surface area contributed by atoms with Crippen molar-refractivity contribution < 1.29 is 30.6 Å². The Morgan fingerprint density at radius 1 is 1.14 bits per heavy atom. The van der Waals surface area contributed by atoms with Crippen molar-refractivity contribution in [2.75, 3.05) is 19.7 Å². The van der Waals surface area contributed by atoms with Gasteiger partial charge in [0.15, 0.2) is 0 Å². The van der Waals surface area contributed by atoms with Crippen LogP contribution in [0.4, 0.5) is 13.6 Å². The summed E-state index contributed by atoms with van der Waals surface area (Å²) in [6.07, 6.45) is 2.74. The van der Waals surface area contributed by atoms with Crippen molar-refractivity contribution in [3.05, 3.63) is 77.2 Å². The molecule has 42 heavy (non-hydrogen) atoms. The summed E-state index contributed by atoms with van der Waals surface area (Å²) >= 11 is 0. The maximum absolute atomic E-state index is 15.5. The summed E-state index contributed by atoms with van der Waals surface area (Å²) in [6, 6.07) is 8.68. The average Bonchev–Trinajstić information content (AvgIpc) is 3.39. The van der Waals surface area contributed by atoms with E-state index in [2.05, 4.69) is 10.1 Å². The number of nitrogens with zero attached hydrogens (tertiary/aromatic N) is 5. The molecule has 4 aromatic rings. The van der Waals surface area contributed by atoms with E-state index < -0.39 is 41.7 Å². The molecular weight excluding hydrogens is 544 g/mol. The number of likely N-dealkylation sites (tertiary alicyclic amines) is 1. The Bertz CT molecular complexity index is 1780. The lowest BCUT2D eigenvalue weighted by Crippen LogP contribution is -2.53. The number of hydrogen-bond acceptors (Lipinski definition) is 6. The summed E-state index contributed by atoms with van der Waals surface area (Å²) in [7, 11) is 1.73. The van der Waals surface area contributed by atoms with Crippen LogP contribution in [0, 0.1) is 17.6 Å². The smallest absolute Gasteiger partial charge is 0.410 e. The molecule has 218 valence electrons. The lowest BCUT2D eigenvalue weighted by Gasteiger charge is -2.39. The quantitative estimate of drug-likeness (QED) is 0.308. The van der Waals surface area contributed by atoms with E-state index in [1.807, 2.05) is 20.8 Å². The van der Waals surface area contributed by atoms with E-state index >= 15 is 8.78 Å². The first-order valence-corrected chi connectivity index (χ1v) is 13.6. The Morgan fingerprint density at radius 2 is 1.88 bits per heavy atom. The minimum atomic E-state index is -2.32. The van der Waals surface area contributed by atoms with Crippen LogP contribution >= 0.6 is 0 Å². The van der Waals surface area contributed by atoms with Gasteiger partial charge in [0.05, 0.1) is 33.6 Å². The fraction of sp³-hybridized carbons (Fsp3) is 0.355. The van der Waals surface area contributed by atoms with Crippen LogP contribution in [-0.2, 0) is 24.8 Å². The molecule has 6 rings (SSSR count). The third-order valence-electron chi connectivity index (χ3n) is 7.13. The van der Waals surface area contributed by atoms with Gasteiger partial charge in [0.2, 0.25) is 0 Å². The van der Waals surface area contributed by atoms with Crippen LogP contribution in [0.25, 0.3) is 22.0 Å². The number of aryl methyl sites for hydroxylation is 1. The van der Waals surface area contributed by atoms with E-state index in [1.165, 1.54) is 30.5 Å². The van der Waals surface area contributed by atoms with Gasteiger partial charge in [-0.2, -0.15) is 5.10 Å². The maximum Gasteiger partial charge on any atom is 0.410 e. The average molecular weight is 578 g/mol. The zero-order valence-corrected chi connectivity index (χ0v) is 23.6. The van der Waals surface area contributed by atoms with Gasteiger partial charge >= 0.3 is 6.09 Å². The number of halogens is 2. The molecule has 0 radical (unpaired) electrons. The molecule has 9 nitrogen and oxygen atoms in total. The summed E-state index contributed by atoms with van der Waals surface area (Å²) in [6.45, 7) is 3.90. The van der Waals surface area contributed by atoms with Crippen molar-refractivity contribution in [1.29, 1.82) is 0 Å². The summed E-state index contributed by atoms with van der Waals surface area (Å²) < 4.78 is 60.8. The normalized spacial score (nSPS) is 17.1. The number of amides is 2. The van der Waals surface area contributed by atoms with Crippen molar-refractivity contribution >= 4 is 22.9 Å². The standard InChI is InChI=1S/C31H31F2N5O4/c1-31(2,3)42-30(40)38-12-18(13-38)17-41-27-8-7-20(22-14-36(4)35-28(22)27)19-10-24(32)23(25(33)11-19)15-37-16-26-21(29(37)39)6-5-9-34-26/h5-11,14,18H,12-13,15-17H2,1-4H3/i16D2. The number of carbonyl (C=O) groups is 2. The number of ether oxygens (including phenoxy) is 2. The summed E-state index contributed by atoms with van der Waals surface area (Å²) in [5.41, 5.74) is 0.274. The van der Waals surface area contributed by atoms with E-state index in [4.69, 9.17) is 12.2 Å². The van der Waals surface area contributed by atoms with Crippen LogP contribution in [-0.4, -0.2) is 61.9 Å². The van der Waals surface area contributed by atoms with Crippen molar-refractivity contribution in [3.63, 3.8) is 0 Å². The minimum Gasteiger partial charge on any atom is -0.491 e. The Balaban J connectivity index is 1.20. The Kier molecular flexibility index (Phi) is 6.23. The van der Waals surface area contributed by atoms with Gasteiger partial charge in [-0.3, -0.25) is 14.5 Å². The fourth-order valence-electron chi connectivity index (χ4n) is 5.09. The van der Waals surface area contributed by atoms with Gasteiger partial charge in [-0.1, -0.05) is 0 Å². The molecular formula is C31H31F2N5O4. The molecule has 0 atom stereocenters. The largest absolute Gasteiger partial charge is 0.491 e. The van der Waals surface area contributed by atoms with Crippen molar-refractivity contribution in [2.45, 2.75) is 39.4 Å². The van der Waals surface area contributed by atoms with Gasteiger partial charge in [0, 0.05) is 49.4 Å². The number of carbonyl (C=O) groups excluding carboxylic acids is 2. The van der Waals surface area contributed by atoms with Crippen molar-refractivity contribution in [3.8, 4) is 16.9 Å². The lowest BCUT2D eigenvalue weighted by atomic mass is 9.99. The molecule has 2 aromatic heterocycles. The van der Waals surface area contributed by atoms with Crippen LogP contribution in [0.3, 0.4) is 0 Å². The fourth-order valence-corrected chi connectivity index (χ4v) is 5.09. The van der Waals surface area contributed by atoms with Gasteiger partial charge in [0.25, 0.3) is 5.91 Å². The molecule has 2 amide bonds. The van der Waals surface area contributed by atoms with Gasteiger partial charge in [-0.15, -0.1) is 0 Å². The first kappa shape index (κ1) is 25.2. The zero-order chi connectivity index (χ0) is 31.6. The molecule has 1 saturated heterocycles. The topological polar surface area (TPSA) is 89.8 Å². The van der Waals surface area contributed by atoms with Gasteiger partial charge in [-0.25, -0.2) is 13.6 Å². The third-order valence-corrected chi connectivity index (χ3v) is 7.13. The second kappa shape index (κ2) is 10.4. The van der Waals surface area contributed by atoms with E-state index in [0.717, 1.165) is 4.90 Å². The highest BCUT2D eigenvalue weighted by Crippen LogP contribution is 2.36. The number of rotatable bonds is 6. The number of benzene rings is 2. The summed E-state index contributed by atoms with van der Waals surface area (Å²) in [4.78, 5) is 31.5. The lowest BCUT2D eigenvalue weighted by molar-refractivity contribution is -0.00775. The molecule has 2 aliphatic heterocycles. The SMILES string of the molecule is [2H]C1([2H])c2ncccc2C(=O)N1Cc1c(F)cc(-c2ccc(OCC3CN(C(=O)OC(C)(C)C)C3)c3nn(C)cc23)cc1F. The Morgan fingerprint density at radius 3 is 2.57 bits per heavy atom. The third kappa shape index (κ3) is 5.26. The van der Waals surface area contributed by atoms with Crippen molar-refractivity contribution in [2.24, 2.45) is 13.0 Å². The molecule has 4 heterocycles. The number of fused-ring (bicyclic) bond motifs is 2. The zero-order valence-electron chi connectivity index (χ0n) is 25.6. The molecule has 1 fully saturated rings. The highest BCUT2D eigenvalue weighted by molar-refractivity contribution is 5.98. The van der Waals surface area contributed by atoms with Crippen LogP contribution in [0.1, 0.15) is 45.1 Å². The van der Waals surface area contributed by atoms with Crippen LogP contribution in [0.15, 0.2) is 48.8 Å². The van der Waals surface area contributed by atoms with Crippen LogP contribution < -0.4 is 4.74 Å². The van der Waals surface area contributed by atoms with Gasteiger partial charge < -0.3 is 19.3 Å². The molecule has 0 aliphatic carbocycles. The summed E-state index contributed by atoms with van der Waals surface area (Å²) in [5, 5.41) is 5.13. The van der Waals surface area contributed by atoms with Gasteiger partial charge in [-0.05, 0) is 68.3 Å². The minimum absolute atomic E-state index is 0.0638. The highest BCUT2D eigenvalue weighted by Gasteiger charge is 2.34. The number of pyridine rings is 1. The molecule has 0 N–H and O–H groups in total. The van der Waals surface area contributed by atoms with Crippen molar-refractivity contribution in [1.82, 2.24) is 24.6 Å². The molecule has 2 aliphatic rings. The molecule has 0 bridgehead atoms. The predicted octanol–water partition coefficient (Wildman–Crippen LogP) is 5.32. The van der Waals surface area contributed by atoms with Gasteiger partial charge in [0.1, 0.15) is 28.5 Å². The molecule has 0 unspecified atom stereocenters. The predicted molar refractivity (Wildman–Crippen MR) is 151 cm³/mol. The first-order valence-electron chi connectivity index (χ1n) is 14.6. The van der Waals surface area contributed by atoms with E-state index in [-0.39, 0.29) is 28.8 Å². The first-order chi connectivity index (χ1) is 20.7. The van der Waals surface area contributed by atoms with E-state index in [9.17, 15) is 9.59 Å². The van der Waals surface area contributed by atoms with Crippen LogP contribution in [0.5, 0.6) is 5.75 Å². The van der Waals surface area contributed by atoms with Crippen LogP contribution in [0.2, 0.25) is 0 Å². The molecule has 0 spiro atoms. The molecule has 0 saturated carbocycles. The second-order valence-corrected chi connectivity index (χ2v) is 11.6. The molecule has 11 heteroatoms. The van der Waals surface area contributed by atoms with E-state index in [0.29, 0.717) is 41.9 Å².